The predicted molar refractivity (Wildman–Crippen MR) is 66.0 cm³/mol. The van der Waals surface area contributed by atoms with Crippen molar-refractivity contribution in [2.45, 2.75) is 5.92 Å². The minimum absolute atomic E-state index is 0.0761. The molecule has 0 bridgehead atoms. The minimum atomic E-state index is -3.22. The molecule has 20 heavy (non-hydrogen) atoms. The number of non-ortho nitro benzene ring substituents is 1. The molecule has 3 N–H and O–H groups in total. The number of nitro benzene ring substituents is 1. The average Bonchev–Trinajstić information content (AvgIpc) is 2.44. The number of ether oxygens (including phenoxy) is 1. The first-order valence-corrected chi connectivity index (χ1v) is 5.49. The van der Waals surface area contributed by atoms with Crippen LogP contribution in [0.15, 0.2) is 18.2 Å². The van der Waals surface area contributed by atoms with Gasteiger partial charge in [-0.15, -0.1) is 0 Å². The van der Waals surface area contributed by atoms with Crippen molar-refractivity contribution in [1.29, 1.82) is 0 Å². The summed E-state index contributed by atoms with van der Waals surface area (Å²) in [6.07, 6.45) is 0. The number of nitrogens with zero attached hydrogens (tertiary/aromatic N) is 1. The van der Waals surface area contributed by atoms with Crippen LogP contribution in [-0.2, 0) is 0 Å². The Morgan fingerprint density at radius 3 is 2.70 bits per heavy atom. The Kier molecular flexibility index (Phi) is 4.92. The summed E-state index contributed by atoms with van der Waals surface area (Å²) in [5.74, 6) is -4.12. The normalized spacial score (nSPS) is 11.0. The maximum absolute atomic E-state index is 12.9. The molecule has 0 saturated heterocycles. The van der Waals surface area contributed by atoms with Crippen molar-refractivity contribution >= 4 is 11.6 Å². The van der Waals surface area contributed by atoms with E-state index in [0.717, 1.165) is 18.2 Å². The number of carbonyl (C=O) groups is 1. The number of nitrogens with two attached hydrogens (primary N) is 1. The van der Waals surface area contributed by atoms with Gasteiger partial charge in [0.25, 0.3) is 17.5 Å². The summed E-state index contributed by atoms with van der Waals surface area (Å²) in [7, 11) is 1.21. The third-order valence-corrected chi connectivity index (χ3v) is 2.45. The molecular weight excluding hydrogens is 276 g/mol. The second-order valence-corrected chi connectivity index (χ2v) is 3.88. The van der Waals surface area contributed by atoms with Crippen molar-refractivity contribution in [3.05, 3.63) is 33.9 Å². The van der Waals surface area contributed by atoms with Gasteiger partial charge in [-0.05, 0) is 6.07 Å². The van der Waals surface area contributed by atoms with Gasteiger partial charge in [0.1, 0.15) is 5.75 Å². The van der Waals surface area contributed by atoms with Crippen molar-refractivity contribution in [3.63, 3.8) is 0 Å². The van der Waals surface area contributed by atoms with Crippen molar-refractivity contribution in [2.75, 3.05) is 20.2 Å². The first kappa shape index (κ1) is 15.8. The number of rotatable bonds is 6. The topological polar surface area (TPSA) is 107 Å². The zero-order valence-electron chi connectivity index (χ0n) is 10.6. The molecule has 0 aliphatic rings. The van der Waals surface area contributed by atoms with Crippen LogP contribution in [0, 0.1) is 10.1 Å². The number of hydrogen-bond acceptors (Lipinski definition) is 5. The summed E-state index contributed by atoms with van der Waals surface area (Å²) in [5.41, 5.74) is 4.49. The Balaban J connectivity index is 2.90. The zero-order chi connectivity index (χ0) is 15.3. The number of alkyl halides is 2. The van der Waals surface area contributed by atoms with Crippen LogP contribution in [0.1, 0.15) is 10.4 Å². The van der Waals surface area contributed by atoms with Crippen molar-refractivity contribution in [2.24, 2.45) is 5.73 Å². The molecule has 110 valence electrons. The highest BCUT2D eigenvalue weighted by molar-refractivity contribution is 5.97. The van der Waals surface area contributed by atoms with Gasteiger partial charge in [-0.2, -0.15) is 0 Å². The lowest BCUT2D eigenvalue weighted by atomic mass is 10.1. The van der Waals surface area contributed by atoms with Crippen LogP contribution in [0.4, 0.5) is 14.5 Å². The highest BCUT2D eigenvalue weighted by Gasteiger charge is 2.28. The Morgan fingerprint density at radius 2 is 2.20 bits per heavy atom. The molecule has 1 aromatic carbocycles. The summed E-state index contributed by atoms with van der Waals surface area (Å²) in [6.45, 7) is -1.83. The molecule has 1 amide bonds. The zero-order valence-corrected chi connectivity index (χ0v) is 10.6. The van der Waals surface area contributed by atoms with Crippen LogP contribution >= 0.6 is 0 Å². The largest absolute Gasteiger partial charge is 0.496 e. The molecule has 0 saturated carbocycles. The number of methoxy groups -OCH3 is 1. The summed E-state index contributed by atoms with van der Waals surface area (Å²) >= 11 is 0. The van der Waals surface area contributed by atoms with Gasteiger partial charge in [-0.3, -0.25) is 14.9 Å². The summed E-state index contributed by atoms with van der Waals surface area (Å²) in [5, 5.41) is 12.6. The number of benzene rings is 1. The molecule has 0 aliphatic heterocycles. The maximum Gasteiger partial charge on any atom is 0.277 e. The van der Waals surface area contributed by atoms with E-state index in [1.807, 2.05) is 5.32 Å². The number of carbonyl (C=O) groups excluding carboxylic acids is 1. The summed E-state index contributed by atoms with van der Waals surface area (Å²) in [6, 6.07) is 3.25. The third kappa shape index (κ3) is 3.85. The molecule has 0 heterocycles. The molecule has 7 nitrogen and oxygen atoms in total. The van der Waals surface area contributed by atoms with E-state index >= 15 is 0 Å². The van der Waals surface area contributed by atoms with Gasteiger partial charge in [-0.25, -0.2) is 8.78 Å². The van der Waals surface area contributed by atoms with Gasteiger partial charge in [0.15, 0.2) is 0 Å². The number of nitrogens with one attached hydrogen (secondary N) is 1. The van der Waals surface area contributed by atoms with Crippen LogP contribution in [0.3, 0.4) is 0 Å². The maximum atomic E-state index is 12.9. The van der Waals surface area contributed by atoms with Crippen LogP contribution in [0.25, 0.3) is 0 Å². The standard InChI is InChI=1S/C11H13F2N3O4/c1-20-9-4-7(16(18)19)2-3-8(9)10(17)15-6-11(12,13)5-14/h2-4H,5-6,14H2,1H3,(H,15,17). The van der Waals surface area contributed by atoms with E-state index in [1.54, 1.807) is 0 Å². The highest BCUT2D eigenvalue weighted by atomic mass is 19.3. The Hall–Kier alpha value is -2.29. The number of amides is 1. The van der Waals surface area contributed by atoms with E-state index in [4.69, 9.17) is 10.5 Å². The SMILES string of the molecule is COc1cc([N+](=O)[O-])ccc1C(=O)NCC(F)(F)CN. The third-order valence-electron chi connectivity index (χ3n) is 2.45. The number of hydrogen-bond donors (Lipinski definition) is 2. The van der Waals surface area contributed by atoms with Gasteiger partial charge in [0.05, 0.1) is 36.8 Å². The second kappa shape index (κ2) is 6.24. The Morgan fingerprint density at radius 1 is 1.55 bits per heavy atom. The lowest BCUT2D eigenvalue weighted by Gasteiger charge is -2.15. The van der Waals surface area contributed by atoms with Gasteiger partial charge >= 0.3 is 0 Å². The Bertz CT molecular complexity index is 522. The molecule has 0 radical (unpaired) electrons. The smallest absolute Gasteiger partial charge is 0.277 e. The molecule has 1 aromatic rings. The van der Waals surface area contributed by atoms with Crippen molar-refractivity contribution in [1.82, 2.24) is 5.32 Å². The second-order valence-electron chi connectivity index (χ2n) is 3.88. The summed E-state index contributed by atoms with van der Waals surface area (Å²) in [4.78, 5) is 21.7. The molecule has 0 unspecified atom stereocenters. The van der Waals surface area contributed by atoms with Crippen molar-refractivity contribution in [3.8, 4) is 5.75 Å². The predicted octanol–water partition coefficient (Wildman–Crippen LogP) is 0.927. The lowest BCUT2D eigenvalue weighted by molar-refractivity contribution is -0.384. The monoisotopic (exact) mass is 289 g/mol. The van der Waals surface area contributed by atoms with E-state index in [0.29, 0.717) is 0 Å². The molecule has 0 fully saturated rings. The molecule has 0 atom stereocenters. The molecular formula is C11H13F2N3O4. The van der Waals surface area contributed by atoms with Gasteiger partial charge in [-0.1, -0.05) is 0 Å². The quantitative estimate of drug-likeness (QED) is 0.598. The molecule has 0 aliphatic carbocycles. The van der Waals surface area contributed by atoms with Crippen LogP contribution < -0.4 is 15.8 Å². The van der Waals surface area contributed by atoms with Gasteiger partial charge in [0, 0.05) is 6.07 Å². The fourth-order valence-corrected chi connectivity index (χ4v) is 1.36. The van der Waals surface area contributed by atoms with Crippen LogP contribution in [-0.4, -0.2) is 37.0 Å². The van der Waals surface area contributed by atoms with E-state index in [-0.39, 0.29) is 17.0 Å². The Labute approximate surface area is 112 Å². The molecule has 0 spiro atoms. The first-order valence-electron chi connectivity index (χ1n) is 5.49. The molecule has 1 rings (SSSR count). The molecule has 9 heteroatoms. The highest BCUT2D eigenvalue weighted by Crippen LogP contribution is 2.24. The summed E-state index contributed by atoms with van der Waals surface area (Å²) < 4.78 is 30.7. The van der Waals surface area contributed by atoms with Crippen molar-refractivity contribution < 1.29 is 23.2 Å². The van der Waals surface area contributed by atoms with Crippen LogP contribution in [0.5, 0.6) is 5.75 Å². The molecule has 0 aromatic heterocycles. The first-order chi connectivity index (χ1) is 9.30. The van der Waals surface area contributed by atoms with E-state index in [2.05, 4.69) is 0 Å². The fourth-order valence-electron chi connectivity index (χ4n) is 1.36. The van der Waals surface area contributed by atoms with E-state index in [9.17, 15) is 23.7 Å². The van der Waals surface area contributed by atoms with Crippen LogP contribution in [0.2, 0.25) is 0 Å². The van der Waals surface area contributed by atoms with Gasteiger partial charge < -0.3 is 15.8 Å². The lowest BCUT2D eigenvalue weighted by Crippen LogP contribution is -2.41. The van der Waals surface area contributed by atoms with E-state index in [1.165, 1.54) is 7.11 Å². The minimum Gasteiger partial charge on any atom is -0.496 e. The van der Waals surface area contributed by atoms with Gasteiger partial charge in [0.2, 0.25) is 0 Å². The number of nitro groups is 1. The fraction of sp³-hybridized carbons (Fsp3) is 0.364. The van der Waals surface area contributed by atoms with E-state index < -0.39 is 29.8 Å². The average molecular weight is 289 g/mol. The number of halogens is 2.